The number of benzene rings is 2. The summed E-state index contributed by atoms with van der Waals surface area (Å²) in [6.07, 6.45) is 2.44. The zero-order valence-electron chi connectivity index (χ0n) is 16.6. The van der Waals surface area contributed by atoms with Crippen LogP contribution in [0.15, 0.2) is 47.4 Å². The largest absolute Gasteiger partial charge is 0.465 e. The summed E-state index contributed by atoms with van der Waals surface area (Å²) in [5, 5.41) is 12.9. The lowest BCUT2D eigenvalue weighted by atomic mass is 9.98. The summed E-state index contributed by atoms with van der Waals surface area (Å²) in [5.41, 5.74) is 3.97. The summed E-state index contributed by atoms with van der Waals surface area (Å²) in [4.78, 5) is 24.8. The maximum absolute atomic E-state index is 12.8. The number of nitrogens with zero attached hydrogens (tertiary/aromatic N) is 2. The molecule has 2 aromatic carbocycles. The van der Waals surface area contributed by atoms with Gasteiger partial charge in [0.2, 0.25) is 0 Å². The summed E-state index contributed by atoms with van der Waals surface area (Å²) >= 11 is 0. The number of hydrogen-bond donors (Lipinski definition) is 2. The van der Waals surface area contributed by atoms with Gasteiger partial charge in [0, 0.05) is 35.4 Å². The van der Waals surface area contributed by atoms with Crippen LogP contribution in [0.2, 0.25) is 0 Å². The first kappa shape index (κ1) is 18.7. The van der Waals surface area contributed by atoms with E-state index in [2.05, 4.69) is 21.6 Å². The average Bonchev–Trinajstić information content (AvgIpc) is 3.21. The number of ether oxygens (including phenoxy) is 1. The molecule has 0 aliphatic carbocycles. The lowest BCUT2D eigenvalue weighted by molar-refractivity contribution is 0.0602. The summed E-state index contributed by atoms with van der Waals surface area (Å²) in [6, 6.07) is 11.3. The molecule has 0 atom stereocenters. The molecule has 0 fully saturated rings. The van der Waals surface area contributed by atoms with E-state index < -0.39 is 0 Å². The first-order chi connectivity index (χ1) is 14.0. The number of methoxy groups -OCH3 is 1. The smallest absolute Gasteiger partial charge is 0.339 e. The number of carbonyl (C=O) groups excluding carboxylic acids is 1. The number of anilines is 1. The van der Waals surface area contributed by atoms with Gasteiger partial charge in [-0.15, -0.1) is 0 Å². The van der Waals surface area contributed by atoms with Gasteiger partial charge in [0.25, 0.3) is 5.56 Å². The van der Waals surface area contributed by atoms with Crippen molar-refractivity contribution in [3.05, 3.63) is 69.6 Å². The topological polar surface area (TPSA) is 89.0 Å². The highest BCUT2D eigenvalue weighted by atomic mass is 16.5. The van der Waals surface area contributed by atoms with Crippen molar-refractivity contribution < 1.29 is 9.53 Å². The van der Waals surface area contributed by atoms with Gasteiger partial charge in [-0.05, 0) is 37.1 Å². The molecule has 0 saturated carbocycles. The molecule has 0 aliphatic heterocycles. The number of fused-ring (bicyclic) bond motifs is 3. The number of aromatic nitrogens is 3. The summed E-state index contributed by atoms with van der Waals surface area (Å²) < 4.78 is 6.45. The molecule has 29 heavy (non-hydrogen) atoms. The molecule has 0 aliphatic rings. The lowest BCUT2D eigenvalue weighted by Gasteiger charge is -2.13. The number of nitrogens with one attached hydrogen (secondary N) is 2. The normalized spacial score (nSPS) is 11.1. The third-order valence-corrected chi connectivity index (χ3v) is 5.17. The zero-order chi connectivity index (χ0) is 20.5. The number of aryl methyl sites for hydroxylation is 2. The Morgan fingerprint density at radius 1 is 1.24 bits per heavy atom. The van der Waals surface area contributed by atoms with Crippen molar-refractivity contribution >= 4 is 33.5 Å². The van der Waals surface area contributed by atoms with Gasteiger partial charge < -0.3 is 10.1 Å². The van der Waals surface area contributed by atoms with E-state index in [0.29, 0.717) is 29.6 Å². The van der Waals surface area contributed by atoms with E-state index in [1.165, 1.54) is 7.11 Å². The molecule has 2 N–H and O–H groups in total. The molecule has 7 heteroatoms. The molecule has 0 spiro atoms. The maximum atomic E-state index is 12.8. The van der Waals surface area contributed by atoms with Crippen molar-refractivity contribution in [1.29, 1.82) is 0 Å². The fraction of sp³-hybridized carbons (Fsp3) is 0.227. The van der Waals surface area contributed by atoms with Crippen LogP contribution in [0.5, 0.6) is 0 Å². The molecule has 4 aromatic rings. The fourth-order valence-electron chi connectivity index (χ4n) is 3.80. The molecule has 0 saturated heterocycles. The highest BCUT2D eigenvalue weighted by Crippen LogP contribution is 2.26. The van der Waals surface area contributed by atoms with Gasteiger partial charge in [-0.25, -0.2) is 4.79 Å². The Balaban J connectivity index is 1.71. The van der Waals surface area contributed by atoms with Crippen LogP contribution in [0, 0.1) is 6.92 Å². The van der Waals surface area contributed by atoms with E-state index in [9.17, 15) is 9.59 Å². The molecule has 0 radical (unpaired) electrons. The van der Waals surface area contributed by atoms with Crippen molar-refractivity contribution in [1.82, 2.24) is 14.8 Å². The van der Waals surface area contributed by atoms with E-state index in [-0.39, 0.29) is 11.5 Å². The number of esters is 1. The van der Waals surface area contributed by atoms with Crippen molar-refractivity contribution in [2.75, 3.05) is 19.0 Å². The molecule has 0 amide bonds. The van der Waals surface area contributed by atoms with Gasteiger partial charge in [-0.1, -0.05) is 23.8 Å². The number of pyridine rings is 1. The Kier molecular flexibility index (Phi) is 4.80. The third-order valence-electron chi connectivity index (χ3n) is 5.17. The van der Waals surface area contributed by atoms with E-state index in [1.807, 2.05) is 25.1 Å². The minimum Gasteiger partial charge on any atom is -0.465 e. The van der Waals surface area contributed by atoms with Crippen molar-refractivity contribution in [3.63, 3.8) is 0 Å². The second-order valence-electron chi connectivity index (χ2n) is 7.06. The number of hydrogen-bond acceptors (Lipinski definition) is 5. The Morgan fingerprint density at radius 3 is 2.83 bits per heavy atom. The van der Waals surface area contributed by atoms with E-state index in [0.717, 1.165) is 27.6 Å². The minimum atomic E-state index is -0.377. The van der Waals surface area contributed by atoms with Gasteiger partial charge in [0.05, 0.1) is 18.9 Å². The maximum Gasteiger partial charge on any atom is 0.339 e. The summed E-state index contributed by atoms with van der Waals surface area (Å²) in [5.74, 6) is -0.377. The third kappa shape index (κ3) is 3.24. The highest BCUT2D eigenvalue weighted by molar-refractivity contribution is 6.06. The number of aromatic amines is 1. The molecular formula is C22H22N4O3. The van der Waals surface area contributed by atoms with Crippen molar-refractivity contribution in [2.24, 2.45) is 7.05 Å². The van der Waals surface area contributed by atoms with Crippen LogP contribution in [0.1, 0.15) is 21.5 Å². The quantitative estimate of drug-likeness (QED) is 0.511. The number of para-hydroxylation sites is 1. The molecular weight excluding hydrogens is 368 g/mol. The first-order valence-electron chi connectivity index (χ1n) is 9.37. The Hall–Kier alpha value is -3.61. The van der Waals surface area contributed by atoms with Crippen LogP contribution in [0.4, 0.5) is 5.69 Å². The van der Waals surface area contributed by atoms with Crippen molar-refractivity contribution in [3.8, 4) is 0 Å². The number of H-pyrrole nitrogens is 1. The molecule has 4 rings (SSSR count). The van der Waals surface area contributed by atoms with Crippen LogP contribution < -0.4 is 10.9 Å². The molecule has 2 heterocycles. The van der Waals surface area contributed by atoms with Crippen LogP contribution in [-0.2, 0) is 18.2 Å². The van der Waals surface area contributed by atoms with Crippen LogP contribution >= 0.6 is 0 Å². The molecule has 0 unspecified atom stereocenters. The predicted molar refractivity (Wildman–Crippen MR) is 114 cm³/mol. The highest BCUT2D eigenvalue weighted by Gasteiger charge is 2.15. The van der Waals surface area contributed by atoms with E-state index in [1.54, 1.807) is 29.9 Å². The summed E-state index contributed by atoms with van der Waals surface area (Å²) in [7, 11) is 3.12. The Morgan fingerprint density at radius 2 is 2.03 bits per heavy atom. The van der Waals surface area contributed by atoms with Crippen LogP contribution in [0.3, 0.4) is 0 Å². The van der Waals surface area contributed by atoms with E-state index >= 15 is 0 Å². The van der Waals surface area contributed by atoms with Gasteiger partial charge in [-0.3, -0.25) is 14.5 Å². The molecule has 148 valence electrons. The molecule has 2 aromatic heterocycles. The molecule has 0 bridgehead atoms. The monoisotopic (exact) mass is 390 g/mol. The van der Waals surface area contributed by atoms with Crippen LogP contribution in [0.25, 0.3) is 21.8 Å². The second kappa shape index (κ2) is 7.43. The second-order valence-corrected chi connectivity index (χ2v) is 7.06. The fourth-order valence-corrected chi connectivity index (χ4v) is 3.80. The predicted octanol–water partition coefficient (Wildman–Crippen LogP) is 3.16. The minimum absolute atomic E-state index is 0.0503. The summed E-state index contributed by atoms with van der Waals surface area (Å²) in [6.45, 7) is 2.59. The first-order valence-corrected chi connectivity index (χ1v) is 9.37. The van der Waals surface area contributed by atoms with Gasteiger partial charge in [0.1, 0.15) is 5.65 Å². The SMILES string of the molecule is COC(=O)c1ccccc1NCCc1cc(C)cc2c(=O)n(C)c3[nH]ncc3c12. The standard InChI is InChI=1S/C22H22N4O3/c1-13-10-14(8-9-23-18-7-5-4-6-15(18)22(28)29-3)19-16(11-13)21(27)26(2)20-17(19)12-24-25-20/h4-7,10-12,23H,8-9H2,1-3H3,(H,24,25). The van der Waals surface area contributed by atoms with Gasteiger partial charge in [0.15, 0.2) is 0 Å². The van der Waals surface area contributed by atoms with Crippen molar-refractivity contribution in [2.45, 2.75) is 13.3 Å². The van der Waals surface area contributed by atoms with E-state index in [4.69, 9.17) is 4.74 Å². The average molecular weight is 390 g/mol. The Labute approximate surface area is 167 Å². The van der Waals surface area contributed by atoms with Gasteiger partial charge >= 0.3 is 5.97 Å². The lowest BCUT2D eigenvalue weighted by Crippen LogP contribution is -2.18. The Bertz CT molecular complexity index is 1290. The molecule has 7 nitrogen and oxygen atoms in total. The zero-order valence-corrected chi connectivity index (χ0v) is 16.6. The van der Waals surface area contributed by atoms with Crippen LogP contribution in [-0.4, -0.2) is 34.4 Å². The van der Waals surface area contributed by atoms with Gasteiger partial charge in [-0.2, -0.15) is 5.10 Å². The number of carbonyl (C=O) groups is 1. The number of rotatable bonds is 5.